The van der Waals surface area contributed by atoms with Crippen molar-refractivity contribution in [1.29, 1.82) is 0 Å². The maximum atomic E-state index is 10.9. The van der Waals surface area contributed by atoms with Crippen molar-refractivity contribution in [1.82, 2.24) is 0 Å². The first-order chi connectivity index (χ1) is 11.3. The molecule has 1 heterocycles. The Morgan fingerprint density at radius 3 is 2.71 bits per heavy atom. The van der Waals surface area contributed by atoms with Gasteiger partial charge >= 0.3 is 0 Å². The zero-order valence-electron chi connectivity index (χ0n) is 14.8. The molecule has 134 valence electrons. The fourth-order valence-corrected chi connectivity index (χ4v) is 7.71. The minimum absolute atomic E-state index is 0.0707. The lowest BCUT2D eigenvalue weighted by atomic mass is 9.43. The van der Waals surface area contributed by atoms with E-state index in [0.717, 1.165) is 44.3 Å². The third kappa shape index (κ3) is 1.49. The predicted octanol–water partition coefficient (Wildman–Crippen LogP) is 2.37. The molecule has 0 aromatic rings. The molecular weight excluding hydrogens is 304 g/mol. The van der Waals surface area contributed by atoms with Crippen molar-refractivity contribution in [2.75, 3.05) is 13.2 Å². The Morgan fingerprint density at radius 1 is 1.17 bits per heavy atom. The zero-order valence-corrected chi connectivity index (χ0v) is 14.8. The molecule has 0 aromatic heterocycles. The summed E-state index contributed by atoms with van der Waals surface area (Å²) in [6.07, 6.45) is 6.25. The molecule has 0 amide bonds. The fraction of sp³-hybridized carbons (Fsp3) is 0.900. The zero-order chi connectivity index (χ0) is 17.0. The van der Waals surface area contributed by atoms with Crippen molar-refractivity contribution < 1.29 is 20.1 Å². The molecule has 4 heteroatoms. The molecule has 3 N–H and O–H groups in total. The van der Waals surface area contributed by atoms with E-state index in [-0.39, 0.29) is 34.9 Å². The van der Waals surface area contributed by atoms with Crippen LogP contribution in [0.2, 0.25) is 0 Å². The van der Waals surface area contributed by atoms with Crippen LogP contribution in [0.5, 0.6) is 0 Å². The normalized spacial score (nSPS) is 58.3. The molecule has 4 nitrogen and oxygen atoms in total. The molecule has 0 aromatic carbocycles. The summed E-state index contributed by atoms with van der Waals surface area (Å²) >= 11 is 0. The van der Waals surface area contributed by atoms with E-state index in [1.807, 2.05) is 0 Å². The summed E-state index contributed by atoms with van der Waals surface area (Å²) in [6, 6.07) is 0. The minimum atomic E-state index is -0.887. The van der Waals surface area contributed by atoms with E-state index in [9.17, 15) is 15.3 Å². The van der Waals surface area contributed by atoms with E-state index in [0.29, 0.717) is 18.9 Å². The average Bonchev–Trinajstić information content (AvgIpc) is 3.08. The van der Waals surface area contributed by atoms with Crippen molar-refractivity contribution in [3.8, 4) is 0 Å². The van der Waals surface area contributed by atoms with E-state index in [1.165, 1.54) is 5.57 Å². The number of allylic oxidation sites excluding steroid dienone is 1. The van der Waals surface area contributed by atoms with E-state index in [4.69, 9.17) is 4.74 Å². The first kappa shape index (κ1) is 15.7. The van der Waals surface area contributed by atoms with Gasteiger partial charge in [0.15, 0.2) is 0 Å². The molecule has 0 radical (unpaired) electrons. The smallest absolute Gasteiger partial charge is 0.0994 e. The van der Waals surface area contributed by atoms with Crippen LogP contribution in [-0.2, 0) is 4.74 Å². The van der Waals surface area contributed by atoms with E-state index in [1.54, 1.807) is 0 Å². The molecule has 5 aliphatic rings. The molecule has 24 heavy (non-hydrogen) atoms. The van der Waals surface area contributed by atoms with Crippen LogP contribution in [0.1, 0.15) is 58.8 Å². The van der Waals surface area contributed by atoms with Crippen LogP contribution in [0.25, 0.3) is 0 Å². The molecular formula is C20H30O4. The standard InChI is InChI=1S/C20H30O4/c1-17-11-24-14-8-12-7-13-9-19(12,5-6-20(13,23)10-21)18(2,16(14)17)4-3-15(17)22/h12-13,15,21-23H,3-11H2,1-2H3/t12-,13-,15-,17-,18+,19+,20+/m1/s1. The van der Waals surface area contributed by atoms with Gasteiger partial charge in [0.25, 0.3) is 0 Å². The van der Waals surface area contributed by atoms with Gasteiger partial charge in [-0.05, 0) is 73.7 Å². The van der Waals surface area contributed by atoms with Crippen LogP contribution in [0, 0.1) is 28.1 Å². The van der Waals surface area contributed by atoms with Gasteiger partial charge in [0.1, 0.15) is 0 Å². The van der Waals surface area contributed by atoms with Crippen LogP contribution >= 0.6 is 0 Å². The van der Waals surface area contributed by atoms with Crippen molar-refractivity contribution in [2.24, 2.45) is 28.1 Å². The van der Waals surface area contributed by atoms with Gasteiger partial charge in [-0.2, -0.15) is 0 Å². The van der Waals surface area contributed by atoms with Crippen molar-refractivity contribution in [3.05, 3.63) is 11.3 Å². The lowest BCUT2D eigenvalue weighted by Gasteiger charge is -2.61. The Kier molecular flexibility index (Phi) is 2.86. The van der Waals surface area contributed by atoms with E-state index in [2.05, 4.69) is 13.8 Å². The molecule has 7 atom stereocenters. The SMILES string of the molecule is C[C@]12COC3=C1[C@](C)(CC[C@H]2O)[C@]12CC[C@](O)(CO)[C@H](C[C@@H]1C3)C2. The van der Waals surface area contributed by atoms with Gasteiger partial charge in [-0.3, -0.25) is 0 Å². The minimum Gasteiger partial charge on any atom is -0.497 e. The first-order valence-corrected chi connectivity index (χ1v) is 9.67. The number of rotatable bonds is 1. The van der Waals surface area contributed by atoms with Crippen LogP contribution < -0.4 is 0 Å². The highest BCUT2D eigenvalue weighted by molar-refractivity contribution is 5.40. The van der Waals surface area contributed by atoms with Gasteiger partial charge in [-0.15, -0.1) is 0 Å². The highest BCUT2D eigenvalue weighted by atomic mass is 16.5. The van der Waals surface area contributed by atoms with Crippen molar-refractivity contribution in [2.45, 2.75) is 70.5 Å². The summed E-state index contributed by atoms with van der Waals surface area (Å²) in [6.45, 7) is 5.12. The van der Waals surface area contributed by atoms with Gasteiger partial charge in [-0.1, -0.05) is 6.92 Å². The molecule has 4 aliphatic carbocycles. The Hall–Kier alpha value is -0.580. The Morgan fingerprint density at radius 2 is 1.96 bits per heavy atom. The summed E-state index contributed by atoms with van der Waals surface area (Å²) in [5, 5.41) is 31.3. The van der Waals surface area contributed by atoms with E-state index < -0.39 is 5.60 Å². The highest BCUT2D eigenvalue weighted by Crippen LogP contribution is 2.76. The van der Waals surface area contributed by atoms with Crippen molar-refractivity contribution >= 4 is 0 Å². The van der Waals surface area contributed by atoms with Gasteiger partial charge in [-0.25, -0.2) is 0 Å². The fourth-order valence-electron chi connectivity index (χ4n) is 7.71. The summed E-state index contributed by atoms with van der Waals surface area (Å²) < 4.78 is 6.15. The van der Waals surface area contributed by atoms with Crippen LogP contribution in [-0.4, -0.2) is 40.2 Å². The predicted molar refractivity (Wildman–Crippen MR) is 89.0 cm³/mol. The largest absolute Gasteiger partial charge is 0.497 e. The third-order valence-electron chi connectivity index (χ3n) is 9.13. The summed E-state index contributed by atoms with van der Waals surface area (Å²) in [7, 11) is 0. The second-order valence-corrected chi connectivity index (χ2v) is 9.85. The van der Waals surface area contributed by atoms with Gasteiger partial charge in [0, 0.05) is 6.42 Å². The molecule has 3 fully saturated rings. The molecule has 3 saturated carbocycles. The second-order valence-electron chi connectivity index (χ2n) is 9.85. The van der Waals surface area contributed by atoms with E-state index >= 15 is 0 Å². The quantitative estimate of drug-likeness (QED) is 0.688. The highest BCUT2D eigenvalue weighted by Gasteiger charge is 2.71. The second kappa shape index (κ2) is 4.39. The Labute approximate surface area is 143 Å². The summed E-state index contributed by atoms with van der Waals surface area (Å²) in [4.78, 5) is 0. The lowest BCUT2D eigenvalue weighted by molar-refractivity contribution is -0.125. The van der Waals surface area contributed by atoms with Crippen LogP contribution in [0.4, 0.5) is 0 Å². The number of aliphatic hydroxyl groups excluding tert-OH is 2. The summed E-state index contributed by atoms with van der Waals surface area (Å²) in [5.41, 5.74) is 0.570. The Balaban J connectivity index is 1.64. The lowest BCUT2D eigenvalue weighted by Crippen LogP contribution is -2.57. The van der Waals surface area contributed by atoms with Crippen LogP contribution in [0.3, 0.4) is 0 Å². The molecule has 1 aliphatic heterocycles. The van der Waals surface area contributed by atoms with Gasteiger partial charge in [0.2, 0.25) is 0 Å². The number of aliphatic hydroxyl groups is 3. The maximum Gasteiger partial charge on any atom is 0.0994 e. The average molecular weight is 334 g/mol. The number of ether oxygens (including phenoxy) is 1. The summed E-state index contributed by atoms with van der Waals surface area (Å²) in [5.74, 6) is 1.90. The van der Waals surface area contributed by atoms with Crippen LogP contribution in [0.15, 0.2) is 11.3 Å². The number of fused-ring (bicyclic) bond motifs is 1. The van der Waals surface area contributed by atoms with Crippen molar-refractivity contribution in [3.63, 3.8) is 0 Å². The number of hydrogen-bond acceptors (Lipinski definition) is 4. The molecule has 0 unspecified atom stereocenters. The molecule has 5 rings (SSSR count). The molecule has 2 bridgehead atoms. The third-order valence-corrected chi connectivity index (χ3v) is 9.13. The Bertz CT molecular complexity index is 629. The van der Waals surface area contributed by atoms with Gasteiger partial charge in [0.05, 0.1) is 36.1 Å². The maximum absolute atomic E-state index is 10.9. The monoisotopic (exact) mass is 334 g/mol. The molecule has 0 saturated heterocycles. The van der Waals surface area contributed by atoms with Gasteiger partial charge < -0.3 is 20.1 Å². The first-order valence-electron chi connectivity index (χ1n) is 9.67. The number of hydrogen-bond donors (Lipinski definition) is 3. The molecule has 1 spiro atoms. The topological polar surface area (TPSA) is 69.9 Å².